The third-order valence-electron chi connectivity index (χ3n) is 6.28. The van der Waals surface area contributed by atoms with E-state index in [1.807, 2.05) is 0 Å². The molecule has 0 saturated heterocycles. The number of hydrogen-bond donors (Lipinski definition) is 0. The van der Waals surface area contributed by atoms with Gasteiger partial charge in [-0.05, 0) is 71.4 Å². The summed E-state index contributed by atoms with van der Waals surface area (Å²) in [6.45, 7) is 15.4. The van der Waals surface area contributed by atoms with Gasteiger partial charge >= 0.3 is 0 Å². The average Bonchev–Trinajstić information content (AvgIpc) is 2.89. The van der Waals surface area contributed by atoms with Gasteiger partial charge in [-0.15, -0.1) is 0 Å². The van der Waals surface area contributed by atoms with E-state index in [1.54, 1.807) is 0 Å². The van der Waals surface area contributed by atoms with E-state index in [0.717, 1.165) is 37.6 Å². The van der Waals surface area contributed by atoms with Gasteiger partial charge in [-0.2, -0.15) is 0 Å². The highest BCUT2D eigenvalue weighted by Gasteiger charge is 2.38. The Balaban J connectivity index is 1.93. The zero-order valence-corrected chi connectivity index (χ0v) is 20.3. The summed E-state index contributed by atoms with van der Waals surface area (Å²) in [5.41, 5.74) is 5.26. The molecule has 0 bridgehead atoms. The van der Waals surface area contributed by atoms with Crippen LogP contribution < -0.4 is 19.8 Å². The number of aryl methyl sites for hydroxylation is 2. The second kappa shape index (κ2) is 9.38. The van der Waals surface area contributed by atoms with Crippen molar-refractivity contribution in [2.24, 2.45) is 0 Å². The number of ether oxygens (including phenoxy) is 2. The first kappa shape index (κ1) is 22.0. The molecule has 1 aliphatic heterocycles. The van der Waals surface area contributed by atoms with E-state index >= 15 is 0 Å². The molecule has 3 rings (SSSR count). The molecule has 0 unspecified atom stereocenters. The van der Waals surface area contributed by atoms with Crippen molar-refractivity contribution in [1.29, 1.82) is 0 Å². The minimum atomic E-state index is -1.69. The Morgan fingerprint density at radius 1 is 0.655 bits per heavy atom. The molecule has 0 fully saturated rings. The van der Waals surface area contributed by atoms with Crippen LogP contribution in [0, 0.1) is 13.8 Å². The minimum Gasteiger partial charge on any atom is -0.493 e. The van der Waals surface area contributed by atoms with E-state index in [0.29, 0.717) is 0 Å². The first-order chi connectivity index (χ1) is 13.9. The molecular formula is C26H38O2Si. The van der Waals surface area contributed by atoms with Gasteiger partial charge in [0.05, 0.1) is 13.2 Å². The van der Waals surface area contributed by atoms with E-state index in [2.05, 4.69) is 65.1 Å². The maximum atomic E-state index is 6.18. The van der Waals surface area contributed by atoms with Gasteiger partial charge in [0.25, 0.3) is 0 Å². The van der Waals surface area contributed by atoms with Crippen molar-refractivity contribution < 1.29 is 9.47 Å². The van der Waals surface area contributed by atoms with Crippen molar-refractivity contribution in [3.63, 3.8) is 0 Å². The molecule has 1 aliphatic rings. The highest BCUT2D eigenvalue weighted by atomic mass is 28.3. The maximum absolute atomic E-state index is 6.18. The summed E-state index contributed by atoms with van der Waals surface area (Å²) in [5, 5.41) is 3.07. The van der Waals surface area contributed by atoms with Gasteiger partial charge in [0.1, 0.15) is 19.6 Å². The van der Waals surface area contributed by atoms with Crippen molar-refractivity contribution in [3.05, 3.63) is 35.4 Å². The van der Waals surface area contributed by atoms with Crippen LogP contribution in [0.2, 0.25) is 13.1 Å². The molecule has 0 atom stereocenters. The van der Waals surface area contributed by atoms with E-state index in [-0.39, 0.29) is 0 Å². The lowest BCUT2D eigenvalue weighted by Gasteiger charge is -2.21. The standard InChI is InChI=1S/C26H38O2Si/c1-7-9-11-13-27-23-17-21-22-18-24(28-14-12-10-8-2)20(4)16-26(22)29(5,6)25(21)15-19(23)3/h15-18H,7-14H2,1-6H3. The van der Waals surface area contributed by atoms with E-state index in [4.69, 9.17) is 9.47 Å². The molecule has 29 heavy (non-hydrogen) atoms. The summed E-state index contributed by atoms with van der Waals surface area (Å²) in [6, 6.07) is 9.39. The molecule has 0 radical (unpaired) electrons. The molecule has 0 aliphatic carbocycles. The molecule has 0 amide bonds. The molecule has 0 aromatic heterocycles. The van der Waals surface area contributed by atoms with Crippen LogP contribution in [0.1, 0.15) is 63.5 Å². The van der Waals surface area contributed by atoms with Gasteiger partial charge in [-0.3, -0.25) is 0 Å². The van der Waals surface area contributed by atoms with Gasteiger partial charge < -0.3 is 9.47 Å². The monoisotopic (exact) mass is 410 g/mol. The Bertz CT molecular complexity index is 785. The minimum absolute atomic E-state index is 0.806. The SMILES string of the molecule is CCCCCOc1cc2c(cc1C)[Si](C)(C)c1cc(C)c(OCCCCC)cc1-2. The Morgan fingerprint density at radius 3 is 1.45 bits per heavy atom. The van der Waals surface area contributed by atoms with Crippen LogP contribution in [0.15, 0.2) is 24.3 Å². The lowest BCUT2D eigenvalue weighted by Crippen LogP contribution is -2.49. The number of fused-ring (bicyclic) bond motifs is 3. The average molecular weight is 411 g/mol. The largest absolute Gasteiger partial charge is 0.493 e. The molecule has 0 saturated carbocycles. The molecule has 2 nitrogen and oxygen atoms in total. The topological polar surface area (TPSA) is 18.5 Å². The van der Waals surface area contributed by atoms with Crippen molar-refractivity contribution in [1.82, 2.24) is 0 Å². The van der Waals surface area contributed by atoms with Gasteiger partial charge in [0.2, 0.25) is 0 Å². The molecule has 0 spiro atoms. The summed E-state index contributed by atoms with van der Waals surface area (Å²) in [7, 11) is -1.69. The summed E-state index contributed by atoms with van der Waals surface area (Å²) < 4.78 is 12.4. The fraction of sp³-hybridized carbons (Fsp3) is 0.538. The smallest absolute Gasteiger partial charge is 0.122 e. The Labute approximate surface area is 178 Å². The normalized spacial score (nSPS) is 13.9. The molecule has 0 N–H and O–H groups in total. The lowest BCUT2D eigenvalue weighted by molar-refractivity contribution is 0.304. The second-order valence-electron chi connectivity index (χ2n) is 9.06. The highest BCUT2D eigenvalue weighted by molar-refractivity contribution is 7.03. The molecule has 2 aromatic rings. The Morgan fingerprint density at radius 2 is 1.07 bits per heavy atom. The maximum Gasteiger partial charge on any atom is 0.122 e. The first-order valence-corrected chi connectivity index (χ1v) is 14.5. The predicted molar refractivity (Wildman–Crippen MR) is 128 cm³/mol. The van der Waals surface area contributed by atoms with Gasteiger partial charge in [0, 0.05) is 0 Å². The third kappa shape index (κ3) is 4.55. The summed E-state index contributed by atoms with van der Waals surface area (Å²) >= 11 is 0. The van der Waals surface area contributed by atoms with Crippen LogP contribution in [0.3, 0.4) is 0 Å². The molecule has 1 heterocycles. The number of benzene rings is 2. The number of unbranched alkanes of at least 4 members (excludes halogenated alkanes) is 4. The van der Waals surface area contributed by atoms with Gasteiger partial charge in [-0.25, -0.2) is 0 Å². The van der Waals surface area contributed by atoms with Crippen LogP contribution >= 0.6 is 0 Å². The first-order valence-electron chi connectivity index (χ1n) is 11.5. The summed E-state index contributed by atoms with van der Waals surface area (Å²) in [5.74, 6) is 2.09. The van der Waals surface area contributed by atoms with Crippen LogP contribution in [0.25, 0.3) is 11.1 Å². The van der Waals surface area contributed by atoms with Crippen molar-refractivity contribution in [2.75, 3.05) is 13.2 Å². The van der Waals surface area contributed by atoms with Crippen LogP contribution in [-0.4, -0.2) is 21.3 Å². The molecule has 158 valence electrons. The van der Waals surface area contributed by atoms with Crippen LogP contribution in [-0.2, 0) is 0 Å². The summed E-state index contributed by atoms with van der Waals surface area (Å²) in [4.78, 5) is 0. The van der Waals surface area contributed by atoms with Gasteiger partial charge in [0.15, 0.2) is 0 Å². The van der Waals surface area contributed by atoms with Crippen molar-refractivity contribution >= 4 is 18.4 Å². The predicted octanol–water partition coefficient (Wildman–Crippen LogP) is 6.24. The zero-order valence-electron chi connectivity index (χ0n) is 19.3. The van der Waals surface area contributed by atoms with Crippen LogP contribution in [0.5, 0.6) is 11.5 Å². The fourth-order valence-corrected chi connectivity index (χ4v) is 7.59. The Kier molecular flexibility index (Phi) is 7.10. The lowest BCUT2D eigenvalue weighted by atomic mass is 10.0. The fourth-order valence-electron chi connectivity index (χ4n) is 4.38. The van der Waals surface area contributed by atoms with Crippen molar-refractivity contribution in [3.8, 4) is 22.6 Å². The third-order valence-corrected chi connectivity index (χ3v) is 9.80. The highest BCUT2D eigenvalue weighted by Crippen LogP contribution is 2.36. The molecule has 2 aromatic carbocycles. The summed E-state index contributed by atoms with van der Waals surface area (Å²) in [6.07, 6.45) is 7.15. The number of hydrogen-bond acceptors (Lipinski definition) is 2. The van der Waals surface area contributed by atoms with Gasteiger partial charge in [-0.1, -0.05) is 64.8 Å². The molecular weight excluding hydrogens is 372 g/mol. The number of rotatable bonds is 10. The zero-order chi connectivity index (χ0) is 21.0. The van der Waals surface area contributed by atoms with E-state index < -0.39 is 8.07 Å². The molecule has 3 heteroatoms. The van der Waals surface area contributed by atoms with Crippen LogP contribution in [0.4, 0.5) is 0 Å². The quantitative estimate of drug-likeness (QED) is 0.341. The second-order valence-corrected chi connectivity index (χ2v) is 13.4. The van der Waals surface area contributed by atoms with E-state index in [1.165, 1.54) is 58.3 Å². The van der Waals surface area contributed by atoms with E-state index in [9.17, 15) is 0 Å². The Hall–Kier alpha value is -1.74. The van der Waals surface area contributed by atoms with Crippen molar-refractivity contribution in [2.45, 2.75) is 79.3 Å².